The van der Waals surface area contributed by atoms with Gasteiger partial charge in [-0.25, -0.2) is 14.8 Å². The first-order chi connectivity index (χ1) is 13.1. The van der Waals surface area contributed by atoms with Crippen LogP contribution in [0, 0.1) is 6.92 Å². The summed E-state index contributed by atoms with van der Waals surface area (Å²) in [5, 5.41) is 0. The summed E-state index contributed by atoms with van der Waals surface area (Å²) in [6.45, 7) is 1.95. The molecule has 1 aliphatic rings. The van der Waals surface area contributed by atoms with Gasteiger partial charge in [-0.3, -0.25) is 4.90 Å². The number of methoxy groups -OCH3 is 2. The summed E-state index contributed by atoms with van der Waals surface area (Å²) in [5.74, 6) is 1.76. The van der Waals surface area contributed by atoms with Crippen LogP contribution in [0.4, 0.5) is 17.3 Å². The second-order valence-electron chi connectivity index (χ2n) is 5.94. The van der Waals surface area contributed by atoms with Crippen LogP contribution < -0.4 is 19.1 Å². The van der Waals surface area contributed by atoms with Gasteiger partial charge in [-0.15, -0.1) is 0 Å². The van der Waals surface area contributed by atoms with Crippen molar-refractivity contribution < 1.29 is 19.0 Å². The van der Waals surface area contributed by atoms with Crippen molar-refractivity contribution >= 4 is 23.3 Å². The Morgan fingerprint density at radius 2 is 1.59 bits per heavy atom. The topological polar surface area (TPSA) is 73.8 Å². The standard InChI is InChI=1S/C20H17N3O4/c1-12-10-15(25-2)17(16(11-12)26-3)23-18-13(6-4-8-21-18)20(24)27-14-7-5-9-22-19(14)23/h4-11H,1-3H3. The Labute approximate surface area is 156 Å². The predicted molar refractivity (Wildman–Crippen MR) is 99.5 cm³/mol. The highest BCUT2D eigenvalue weighted by Gasteiger charge is 2.33. The molecule has 7 nitrogen and oxygen atoms in total. The van der Waals surface area contributed by atoms with Crippen molar-refractivity contribution in [1.29, 1.82) is 0 Å². The summed E-state index contributed by atoms with van der Waals surface area (Å²) >= 11 is 0. The van der Waals surface area contributed by atoms with Crippen molar-refractivity contribution in [2.75, 3.05) is 19.1 Å². The van der Waals surface area contributed by atoms with Crippen LogP contribution in [0.15, 0.2) is 48.8 Å². The van der Waals surface area contributed by atoms with Crippen molar-refractivity contribution in [2.45, 2.75) is 6.92 Å². The number of rotatable bonds is 3. The van der Waals surface area contributed by atoms with E-state index in [2.05, 4.69) is 9.97 Å². The van der Waals surface area contributed by atoms with Gasteiger partial charge in [-0.2, -0.15) is 0 Å². The maximum atomic E-state index is 12.6. The predicted octanol–water partition coefficient (Wildman–Crippen LogP) is 3.80. The molecule has 2 aromatic heterocycles. The fraction of sp³-hybridized carbons (Fsp3) is 0.150. The third-order valence-electron chi connectivity index (χ3n) is 4.23. The van der Waals surface area contributed by atoms with Crippen LogP contribution in [0.1, 0.15) is 15.9 Å². The smallest absolute Gasteiger partial charge is 0.347 e. The number of aromatic nitrogens is 2. The van der Waals surface area contributed by atoms with Gasteiger partial charge in [0.1, 0.15) is 22.7 Å². The number of carbonyl (C=O) groups excluding carboxylic acids is 1. The van der Waals surface area contributed by atoms with Crippen LogP contribution in [0.2, 0.25) is 0 Å². The molecule has 1 aromatic carbocycles. The molecule has 136 valence electrons. The molecule has 4 rings (SSSR count). The largest absolute Gasteiger partial charge is 0.494 e. The van der Waals surface area contributed by atoms with Gasteiger partial charge in [0.05, 0.1) is 14.2 Å². The van der Waals surface area contributed by atoms with Gasteiger partial charge in [-0.1, -0.05) is 0 Å². The molecular weight excluding hydrogens is 346 g/mol. The van der Waals surface area contributed by atoms with E-state index in [1.54, 1.807) is 55.8 Å². The number of aryl methyl sites for hydroxylation is 1. The van der Waals surface area contributed by atoms with E-state index in [1.165, 1.54) is 0 Å². The van der Waals surface area contributed by atoms with Crippen LogP contribution in [0.25, 0.3) is 0 Å². The van der Waals surface area contributed by atoms with E-state index in [1.807, 2.05) is 19.1 Å². The number of carbonyl (C=O) groups is 1. The number of fused-ring (bicyclic) bond motifs is 2. The molecule has 3 heterocycles. The summed E-state index contributed by atoms with van der Waals surface area (Å²) in [4.78, 5) is 23.2. The maximum absolute atomic E-state index is 12.6. The molecule has 0 aliphatic carbocycles. The molecule has 3 aromatic rings. The molecule has 0 radical (unpaired) electrons. The Balaban J connectivity index is 2.10. The Morgan fingerprint density at radius 3 is 2.26 bits per heavy atom. The number of pyridine rings is 2. The van der Waals surface area contributed by atoms with Gasteiger partial charge in [0, 0.05) is 12.4 Å². The maximum Gasteiger partial charge on any atom is 0.347 e. The minimum absolute atomic E-state index is 0.320. The summed E-state index contributed by atoms with van der Waals surface area (Å²) in [6.07, 6.45) is 3.24. The van der Waals surface area contributed by atoms with Crippen molar-refractivity contribution in [2.24, 2.45) is 0 Å². The van der Waals surface area contributed by atoms with E-state index in [-0.39, 0.29) is 0 Å². The number of hydrogen-bond acceptors (Lipinski definition) is 7. The first-order valence-corrected chi connectivity index (χ1v) is 8.29. The van der Waals surface area contributed by atoms with Crippen molar-refractivity contribution in [3.05, 3.63) is 59.9 Å². The summed E-state index contributed by atoms with van der Waals surface area (Å²) < 4.78 is 16.8. The zero-order valence-electron chi connectivity index (χ0n) is 15.1. The van der Waals surface area contributed by atoms with E-state index < -0.39 is 5.97 Å². The van der Waals surface area contributed by atoms with Crippen LogP contribution in [0.3, 0.4) is 0 Å². The second-order valence-corrected chi connectivity index (χ2v) is 5.94. The molecule has 0 atom stereocenters. The van der Waals surface area contributed by atoms with E-state index in [4.69, 9.17) is 14.2 Å². The summed E-state index contributed by atoms with van der Waals surface area (Å²) in [5.41, 5.74) is 1.88. The third-order valence-corrected chi connectivity index (χ3v) is 4.23. The fourth-order valence-corrected chi connectivity index (χ4v) is 3.08. The van der Waals surface area contributed by atoms with Crippen LogP contribution in [0.5, 0.6) is 17.2 Å². The van der Waals surface area contributed by atoms with Crippen LogP contribution in [-0.2, 0) is 0 Å². The molecular formula is C20H17N3O4. The molecule has 27 heavy (non-hydrogen) atoms. The van der Waals surface area contributed by atoms with E-state index in [0.717, 1.165) is 5.56 Å². The Morgan fingerprint density at radius 1 is 0.963 bits per heavy atom. The van der Waals surface area contributed by atoms with Gasteiger partial charge >= 0.3 is 5.97 Å². The number of hydrogen-bond donors (Lipinski definition) is 0. The summed E-state index contributed by atoms with van der Waals surface area (Å²) in [6, 6.07) is 10.5. The van der Waals surface area contributed by atoms with Gasteiger partial charge in [0.25, 0.3) is 0 Å². The molecule has 7 heteroatoms. The highest BCUT2D eigenvalue weighted by atomic mass is 16.5. The Hall–Kier alpha value is -3.61. The molecule has 0 bridgehead atoms. The average Bonchev–Trinajstić information content (AvgIpc) is 2.81. The number of esters is 1. The first-order valence-electron chi connectivity index (χ1n) is 8.29. The third kappa shape index (κ3) is 2.73. The monoisotopic (exact) mass is 363 g/mol. The molecule has 0 saturated carbocycles. The quantitative estimate of drug-likeness (QED) is 0.655. The number of nitrogens with zero attached hydrogens (tertiary/aromatic N) is 3. The first kappa shape index (κ1) is 16.8. The van der Waals surface area contributed by atoms with Crippen LogP contribution in [-0.4, -0.2) is 30.2 Å². The van der Waals surface area contributed by atoms with Gasteiger partial charge in [-0.05, 0) is 48.9 Å². The second kappa shape index (κ2) is 6.60. The number of anilines is 3. The van der Waals surface area contributed by atoms with Crippen LogP contribution >= 0.6 is 0 Å². The lowest BCUT2D eigenvalue weighted by Crippen LogP contribution is -2.16. The van der Waals surface area contributed by atoms with Crippen molar-refractivity contribution in [1.82, 2.24) is 9.97 Å². The lowest BCUT2D eigenvalue weighted by molar-refractivity contribution is 0.0738. The zero-order valence-corrected chi connectivity index (χ0v) is 15.1. The molecule has 0 N–H and O–H groups in total. The highest BCUT2D eigenvalue weighted by molar-refractivity contribution is 6.02. The van der Waals surface area contributed by atoms with E-state index >= 15 is 0 Å². The SMILES string of the molecule is COc1cc(C)cc(OC)c1N1c2ncccc2OC(=O)c2cccnc21. The highest BCUT2D eigenvalue weighted by Crippen LogP contribution is 2.49. The lowest BCUT2D eigenvalue weighted by Gasteiger charge is -2.26. The minimum atomic E-state index is -0.500. The van der Waals surface area contributed by atoms with Gasteiger partial charge in [0.15, 0.2) is 17.4 Å². The molecule has 0 fully saturated rings. The fourth-order valence-electron chi connectivity index (χ4n) is 3.08. The molecule has 0 amide bonds. The molecule has 0 saturated heterocycles. The van der Waals surface area contributed by atoms with Crippen molar-refractivity contribution in [3.63, 3.8) is 0 Å². The van der Waals surface area contributed by atoms with E-state index in [9.17, 15) is 4.79 Å². The Bertz CT molecular complexity index is 1010. The zero-order chi connectivity index (χ0) is 19.0. The molecule has 0 spiro atoms. The van der Waals surface area contributed by atoms with E-state index in [0.29, 0.717) is 40.1 Å². The van der Waals surface area contributed by atoms with Gasteiger partial charge < -0.3 is 14.2 Å². The Kier molecular flexibility index (Phi) is 4.12. The number of ether oxygens (including phenoxy) is 3. The average molecular weight is 363 g/mol. The summed E-state index contributed by atoms with van der Waals surface area (Å²) in [7, 11) is 3.16. The van der Waals surface area contributed by atoms with Gasteiger partial charge in [0.2, 0.25) is 0 Å². The lowest BCUT2D eigenvalue weighted by atomic mass is 10.1. The normalized spacial score (nSPS) is 12.6. The number of benzene rings is 1. The molecule has 1 aliphatic heterocycles. The minimum Gasteiger partial charge on any atom is -0.494 e. The van der Waals surface area contributed by atoms with Crippen molar-refractivity contribution in [3.8, 4) is 17.2 Å². The molecule has 0 unspecified atom stereocenters.